The van der Waals surface area contributed by atoms with Gasteiger partial charge in [-0.25, -0.2) is 4.68 Å². The highest BCUT2D eigenvalue weighted by molar-refractivity contribution is 5.93. The normalized spacial score (nSPS) is 15.7. The molecule has 1 atom stereocenters. The number of benzene rings is 1. The maximum atomic E-state index is 12.5. The molecule has 1 unspecified atom stereocenters. The molecule has 1 fully saturated rings. The summed E-state index contributed by atoms with van der Waals surface area (Å²) in [5.74, 6) is 0.599. The molecule has 7 nitrogen and oxygen atoms in total. The van der Waals surface area contributed by atoms with Crippen LogP contribution in [-0.4, -0.2) is 46.6 Å². The van der Waals surface area contributed by atoms with Gasteiger partial charge in [-0.2, -0.15) is 0 Å². The summed E-state index contributed by atoms with van der Waals surface area (Å²) in [6.07, 6.45) is 1.87. The largest absolute Gasteiger partial charge is 0.489 e. The maximum absolute atomic E-state index is 12.5. The molecule has 1 aliphatic rings. The first-order valence-corrected chi connectivity index (χ1v) is 9.18. The number of hydrogen-bond donors (Lipinski definition) is 2. The van der Waals surface area contributed by atoms with Crippen LogP contribution in [0.2, 0.25) is 0 Å². The zero-order valence-electron chi connectivity index (χ0n) is 16.1. The molecule has 2 aromatic rings. The minimum atomic E-state index is -0.206. The number of rotatable bonds is 6. The number of carbonyl (C=O) groups is 1. The molecule has 0 radical (unpaired) electrons. The lowest BCUT2D eigenvalue weighted by Crippen LogP contribution is -2.34. The Bertz CT molecular complexity index is 758. The van der Waals surface area contributed by atoms with Gasteiger partial charge in [0.2, 0.25) is 0 Å². The summed E-state index contributed by atoms with van der Waals surface area (Å²) in [5.41, 5.74) is 2.36. The number of amides is 1. The van der Waals surface area contributed by atoms with Gasteiger partial charge in [0, 0.05) is 0 Å². The van der Waals surface area contributed by atoms with Gasteiger partial charge in [0.25, 0.3) is 5.91 Å². The van der Waals surface area contributed by atoms with Crippen molar-refractivity contribution in [2.45, 2.75) is 45.8 Å². The molecule has 2 heterocycles. The van der Waals surface area contributed by atoms with E-state index in [0.29, 0.717) is 18.3 Å². The Labute approximate surface area is 166 Å². The van der Waals surface area contributed by atoms with Crippen molar-refractivity contribution in [3.63, 3.8) is 0 Å². The Morgan fingerprint density at radius 3 is 2.81 bits per heavy atom. The smallest absolute Gasteiger partial charge is 0.273 e. The Hall–Kier alpha value is -2.12. The minimum absolute atomic E-state index is 0. The number of nitrogens with one attached hydrogen (secondary N) is 2. The highest BCUT2D eigenvalue weighted by Crippen LogP contribution is 2.20. The lowest BCUT2D eigenvalue weighted by molar-refractivity contribution is 0.0926. The van der Waals surface area contributed by atoms with Crippen molar-refractivity contribution in [2.75, 3.05) is 19.6 Å². The van der Waals surface area contributed by atoms with E-state index in [2.05, 4.69) is 20.9 Å². The minimum Gasteiger partial charge on any atom is -0.489 e. The number of nitrogens with zero attached hydrogens (tertiary/aromatic N) is 3. The van der Waals surface area contributed by atoms with Gasteiger partial charge in [0.15, 0.2) is 5.69 Å². The van der Waals surface area contributed by atoms with Crippen molar-refractivity contribution in [1.29, 1.82) is 0 Å². The number of ether oxygens (including phenoxy) is 1. The fraction of sp³-hybridized carbons (Fsp3) is 0.526. The molecule has 2 N–H and O–H groups in total. The van der Waals surface area contributed by atoms with E-state index in [1.807, 2.05) is 49.7 Å². The fourth-order valence-corrected chi connectivity index (χ4v) is 3.23. The van der Waals surface area contributed by atoms with Crippen LogP contribution in [0.1, 0.15) is 47.6 Å². The van der Waals surface area contributed by atoms with Crippen molar-refractivity contribution in [2.24, 2.45) is 0 Å². The molecule has 148 valence electrons. The molecular weight excluding hydrogens is 366 g/mol. The van der Waals surface area contributed by atoms with Crippen molar-refractivity contribution in [3.05, 3.63) is 41.2 Å². The van der Waals surface area contributed by atoms with Crippen molar-refractivity contribution < 1.29 is 9.53 Å². The summed E-state index contributed by atoms with van der Waals surface area (Å²) in [6, 6.07) is 8.19. The lowest BCUT2D eigenvalue weighted by Gasteiger charge is -2.23. The van der Waals surface area contributed by atoms with Gasteiger partial charge in [-0.1, -0.05) is 17.3 Å². The summed E-state index contributed by atoms with van der Waals surface area (Å²) in [5, 5.41) is 14.5. The molecule has 1 aliphatic heterocycles. The van der Waals surface area contributed by atoms with Crippen LogP contribution in [0.5, 0.6) is 5.75 Å². The zero-order valence-corrected chi connectivity index (χ0v) is 16.9. The van der Waals surface area contributed by atoms with Crippen LogP contribution in [-0.2, 0) is 0 Å². The Balaban J connectivity index is 0.00000261. The third kappa shape index (κ3) is 5.43. The van der Waals surface area contributed by atoms with Gasteiger partial charge in [-0.05, 0) is 64.4 Å². The van der Waals surface area contributed by atoms with E-state index in [0.717, 1.165) is 42.9 Å². The zero-order chi connectivity index (χ0) is 18.5. The lowest BCUT2D eigenvalue weighted by atomic mass is 10.1. The number of piperidine rings is 1. The third-order valence-electron chi connectivity index (χ3n) is 4.67. The predicted molar refractivity (Wildman–Crippen MR) is 107 cm³/mol. The van der Waals surface area contributed by atoms with Crippen molar-refractivity contribution >= 4 is 18.3 Å². The van der Waals surface area contributed by atoms with E-state index < -0.39 is 0 Å². The molecule has 0 bridgehead atoms. The van der Waals surface area contributed by atoms with E-state index in [1.54, 1.807) is 0 Å². The number of aryl methyl sites for hydroxylation is 1. The van der Waals surface area contributed by atoms with Gasteiger partial charge < -0.3 is 15.4 Å². The van der Waals surface area contributed by atoms with Gasteiger partial charge in [-0.3, -0.25) is 4.79 Å². The number of hydrogen-bond acceptors (Lipinski definition) is 5. The molecule has 0 saturated carbocycles. The Morgan fingerprint density at radius 1 is 1.37 bits per heavy atom. The summed E-state index contributed by atoms with van der Waals surface area (Å²) < 4.78 is 7.74. The molecule has 1 amide bonds. The molecule has 0 aliphatic carbocycles. The van der Waals surface area contributed by atoms with Gasteiger partial charge in [0.1, 0.15) is 11.9 Å². The number of aromatic nitrogens is 3. The average molecular weight is 394 g/mol. The van der Waals surface area contributed by atoms with Gasteiger partial charge >= 0.3 is 0 Å². The molecule has 1 saturated heterocycles. The summed E-state index contributed by atoms with van der Waals surface area (Å²) in [7, 11) is 0. The van der Waals surface area contributed by atoms with E-state index in [-0.39, 0.29) is 24.4 Å². The second-order valence-electron chi connectivity index (χ2n) is 6.90. The van der Waals surface area contributed by atoms with Crippen LogP contribution in [0.4, 0.5) is 0 Å². The topological polar surface area (TPSA) is 81.1 Å². The third-order valence-corrected chi connectivity index (χ3v) is 4.67. The number of carbonyl (C=O) groups excluding carboxylic acids is 1. The standard InChI is InChI=1S/C19H27N5O2.ClH/c1-13-5-4-6-17(11-13)26-14(2)12-21-19(25)18-15(3)24(23-22-18)16-7-9-20-10-8-16;/h4-6,11,14,16,20H,7-10,12H2,1-3H3,(H,21,25);1H. The molecular formula is C19H28ClN5O2. The average Bonchev–Trinajstić information content (AvgIpc) is 3.02. The van der Waals surface area contributed by atoms with Crippen molar-refractivity contribution in [1.82, 2.24) is 25.6 Å². The highest BCUT2D eigenvalue weighted by Gasteiger charge is 2.23. The molecule has 0 spiro atoms. The first kappa shape index (κ1) is 21.2. The van der Waals surface area contributed by atoms with E-state index in [1.165, 1.54) is 0 Å². The molecule has 8 heteroatoms. The van der Waals surface area contributed by atoms with E-state index in [9.17, 15) is 4.79 Å². The van der Waals surface area contributed by atoms with E-state index in [4.69, 9.17) is 4.74 Å². The van der Waals surface area contributed by atoms with Crippen LogP contribution in [0.15, 0.2) is 24.3 Å². The SMILES string of the molecule is Cc1cccc(OC(C)CNC(=O)c2nnn(C3CCNCC3)c2C)c1.Cl. The fourth-order valence-electron chi connectivity index (χ4n) is 3.23. The monoisotopic (exact) mass is 393 g/mol. The molecule has 3 rings (SSSR count). The predicted octanol–water partition coefficient (Wildman–Crippen LogP) is 2.44. The Kier molecular flexibility index (Phi) is 7.62. The second-order valence-corrected chi connectivity index (χ2v) is 6.90. The second kappa shape index (κ2) is 9.71. The van der Waals surface area contributed by atoms with Crippen LogP contribution in [0.25, 0.3) is 0 Å². The summed E-state index contributed by atoms with van der Waals surface area (Å²) >= 11 is 0. The highest BCUT2D eigenvalue weighted by atomic mass is 35.5. The first-order valence-electron chi connectivity index (χ1n) is 9.18. The van der Waals surface area contributed by atoms with E-state index >= 15 is 0 Å². The van der Waals surface area contributed by atoms with Gasteiger partial charge in [-0.15, -0.1) is 17.5 Å². The number of halogens is 1. The molecule has 1 aromatic heterocycles. The van der Waals surface area contributed by atoms with Crippen LogP contribution in [0.3, 0.4) is 0 Å². The van der Waals surface area contributed by atoms with Crippen LogP contribution >= 0.6 is 12.4 Å². The molecule has 1 aromatic carbocycles. The Morgan fingerprint density at radius 2 is 2.11 bits per heavy atom. The quantitative estimate of drug-likeness (QED) is 0.787. The summed E-state index contributed by atoms with van der Waals surface area (Å²) in [4.78, 5) is 12.5. The maximum Gasteiger partial charge on any atom is 0.273 e. The summed E-state index contributed by atoms with van der Waals surface area (Å²) in [6.45, 7) is 8.21. The molecule has 27 heavy (non-hydrogen) atoms. The van der Waals surface area contributed by atoms with Crippen LogP contribution < -0.4 is 15.4 Å². The van der Waals surface area contributed by atoms with Crippen LogP contribution in [0, 0.1) is 13.8 Å². The van der Waals surface area contributed by atoms with Gasteiger partial charge in [0.05, 0.1) is 18.3 Å². The van der Waals surface area contributed by atoms with Crippen molar-refractivity contribution in [3.8, 4) is 5.75 Å². The first-order chi connectivity index (χ1) is 12.5.